The number of aromatic carboxylic acids is 1. The van der Waals surface area contributed by atoms with Crippen molar-refractivity contribution < 1.29 is 14.7 Å². The molecule has 2 heterocycles. The zero-order chi connectivity index (χ0) is 14.5. The van der Waals surface area contributed by atoms with E-state index in [-0.39, 0.29) is 17.2 Å². The zero-order valence-corrected chi connectivity index (χ0v) is 10.9. The smallest absolute Gasteiger partial charge is 0.354 e. The summed E-state index contributed by atoms with van der Waals surface area (Å²) in [5.41, 5.74) is 1.17. The van der Waals surface area contributed by atoms with Crippen LogP contribution in [0.1, 0.15) is 26.4 Å². The largest absolute Gasteiger partial charge is 0.477 e. The highest BCUT2D eigenvalue weighted by molar-refractivity contribution is 5.96. The Balaban J connectivity index is 1.91. The lowest BCUT2D eigenvalue weighted by molar-refractivity contribution is 0.0690. The third-order valence-electron chi connectivity index (χ3n) is 2.63. The Hall–Kier alpha value is -2.70. The van der Waals surface area contributed by atoms with Crippen LogP contribution in [-0.4, -0.2) is 38.3 Å². The summed E-state index contributed by atoms with van der Waals surface area (Å²) in [4.78, 5) is 26.3. The summed E-state index contributed by atoms with van der Waals surface area (Å²) in [6.45, 7) is 2.90. The maximum absolute atomic E-state index is 11.9. The number of carbonyl (C=O) groups is 2. The zero-order valence-electron chi connectivity index (χ0n) is 10.9. The first-order valence-corrected chi connectivity index (χ1v) is 6.03. The number of nitrogens with zero attached hydrogens (tertiary/aromatic N) is 3. The van der Waals surface area contributed by atoms with Crippen molar-refractivity contribution >= 4 is 11.9 Å². The highest BCUT2D eigenvalue weighted by Crippen LogP contribution is 2.02. The average molecular weight is 274 g/mol. The lowest BCUT2D eigenvalue weighted by Gasteiger charge is -2.05. The van der Waals surface area contributed by atoms with Crippen LogP contribution < -0.4 is 5.32 Å². The molecular formula is C13H14N4O3. The van der Waals surface area contributed by atoms with Gasteiger partial charge in [-0.05, 0) is 24.6 Å². The first-order chi connectivity index (χ1) is 9.56. The molecule has 104 valence electrons. The van der Waals surface area contributed by atoms with Gasteiger partial charge in [0.15, 0.2) is 0 Å². The van der Waals surface area contributed by atoms with Crippen molar-refractivity contribution in [1.82, 2.24) is 20.1 Å². The van der Waals surface area contributed by atoms with Gasteiger partial charge < -0.3 is 10.4 Å². The van der Waals surface area contributed by atoms with E-state index in [1.54, 1.807) is 10.9 Å². The van der Waals surface area contributed by atoms with Crippen LogP contribution >= 0.6 is 0 Å². The molecule has 7 heteroatoms. The molecule has 1 amide bonds. The number of amides is 1. The molecular weight excluding hydrogens is 260 g/mol. The van der Waals surface area contributed by atoms with E-state index in [0.29, 0.717) is 13.1 Å². The first kappa shape index (κ1) is 13.7. The van der Waals surface area contributed by atoms with Crippen LogP contribution in [0.5, 0.6) is 0 Å². The molecule has 20 heavy (non-hydrogen) atoms. The third kappa shape index (κ3) is 3.41. The van der Waals surface area contributed by atoms with Gasteiger partial charge in [-0.25, -0.2) is 9.78 Å². The molecule has 0 saturated heterocycles. The van der Waals surface area contributed by atoms with Gasteiger partial charge in [-0.3, -0.25) is 9.48 Å². The number of carboxylic acid groups (broad SMARTS) is 1. The van der Waals surface area contributed by atoms with E-state index in [0.717, 1.165) is 5.56 Å². The third-order valence-corrected chi connectivity index (χ3v) is 2.63. The average Bonchev–Trinajstić information content (AvgIpc) is 2.84. The lowest BCUT2D eigenvalue weighted by Crippen LogP contribution is -2.27. The van der Waals surface area contributed by atoms with Crippen molar-refractivity contribution in [3.05, 3.63) is 47.5 Å². The minimum atomic E-state index is -1.16. The molecule has 7 nitrogen and oxygen atoms in total. The maximum atomic E-state index is 11.9. The van der Waals surface area contributed by atoms with Crippen LogP contribution in [0.25, 0.3) is 0 Å². The van der Waals surface area contributed by atoms with Gasteiger partial charge in [0.2, 0.25) is 0 Å². The van der Waals surface area contributed by atoms with E-state index >= 15 is 0 Å². The van der Waals surface area contributed by atoms with Crippen molar-refractivity contribution in [3.63, 3.8) is 0 Å². The molecule has 0 saturated carbocycles. The number of pyridine rings is 1. The van der Waals surface area contributed by atoms with Crippen molar-refractivity contribution in [2.24, 2.45) is 0 Å². The Kier molecular flexibility index (Phi) is 4.09. The van der Waals surface area contributed by atoms with Gasteiger partial charge >= 0.3 is 5.97 Å². The number of hydrogen-bond acceptors (Lipinski definition) is 4. The molecule has 2 aromatic rings. The summed E-state index contributed by atoms with van der Waals surface area (Å²) >= 11 is 0. The fraction of sp³-hybridized carbons (Fsp3) is 0.231. The fourth-order valence-corrected chi connectivity index (χ4v) is 1.66. The summed E-state index contributed by atoms with van der Waals surface area (Å²) in [7, 11) is 0. The summed E-state index contributed by atoms with van der Waals surface area (Å²) in [5.74, 6) is -1.49. The summed E-state index contributed by atoms with van der Waals surface area (Å²) in [5, 5.41) is 15.6. The minimum absolute atomic E-state index is 0.152. The Morgan fingerprint density at radius 1 is 1.45 bits per heavy atom. The van der Waals surface area contributed by atoms with Crippen molar-refractivity contribution in [1.29, 1.82) is 0 Å². The molecule has 0 atom stereocenters. The molecule has 0 spiro atoms. The standard InChI is InChI=1S/C13H14N4O3/c1-9-7-16-17(8-9)5-4-15-12(18)10-2-3-14-11(6-10)13(19)20/h2-3,6-8H,4-5H2,1H3,(H,15,18)(H,19,20). The van der Waals surface area contributed by atoms with Gasteiger partial charge in [0, 0.05) is 24.5 Å². The van der Waals surface area contributed by atoms with Crippen molar-refractivity contribution in [3.8, 4) is 0 Å². The van der Waals surface area contributed by atoms with Crippen molar-refractivity contribution in [2.75, 3.05) is 6.54 Å². The van der Waals surface area contributed by atoms with Crippen LogP contribution in [-0.2, 0) is 6.54 Å². The first-order valence-electron chi connectivity index (χ1n) is 6.03. The fourth-order valence-electron chi connectivity index (χ4n) is 1.66. The summed E-state index contributed by atoms with van der Waals surface area (Å²) < 4.78 is 1.73. The predicted octanol–water partition coefficient (Wildman–Crippen LogP) is 0.715. The van der Waals surface area contributed by atoms with E-state index in [2.05, 4.69) is 15.4 Å². The maximum Gasteiger partial charge on any atom is 0.354 e. The molecule has 0 aliphatic heterocycles. The number of carboxylic acids is 1. The van der Waals surface area contributed by atoms with Crippen molar-refractivity contribution in [2.45, 2.75) is 13.5 Å². The highest BCUT2D eigenvalue weighted by atomic mass is 16.4. The quantitative estimate of drug-likeness (QED) is 0.837. The topological polar surface area (TPSA) is 97.1 Å². The van der Waals surface area contributed by atoms with Gasteiger partial charge in [-0.15, -0.1) is 0 Å². The predicted molar refractivity (Wildman–Crippen MR) is 70.5 cm³/mol. The molecule has 0 fully saturated rings. The highest BCUT2D eigenvalue weighted by Gasteiger charge is 2.10. The minimum Gasteiger partial charge on any atom is -0.477 e. The van der Waals surface area contributed by atoms with E-state index in [1.165, 1.54) is 18.3 Å². The van der Waals surface area contributed by atoms with Crippen LogP contribution in [0.4, 0.5) is 0 Å². The SMILES string of the molecule is Cc1cnn(CCNC(=O)c2ccnc(C(=O)O)c2)c1. The molecule has 2 aromatic heterocycles. The Labute approximate surface area is 115 Å². The summed E-state index contributed by atoms with van der Waals surface area (Å²) in [6, 6.07) is 2.72. The summed E-state index contributed by atoms with van der Waals surface area (Å²) in [6.07, 6.45) is 4.92. The van der Waals surface area contributed by atoms with E-state index < -0.39 is 5.97 Å². The number of aryl methyl sites for hydroxylation is 1. The second-order valence-corrected chi connectivity index (χ2v) is 4.27. The molecule has 0 unspecified atom stereocenters. The van der Waals surface area contributed by atoms with E-state index in [4.69, 9.17) is 5.11 Å². The Morgan fingerprint density at radius 2 is 2.25 bits per heavy atom. The van der Waals surface area contributed by atoms with E-state index in [9.17, 15) is 9.59 Å². The number of carbonyl (C=O) groups excluding carboxylic acids is 1. The second kappa shape index (κ2) is 5.96. The Morgan fingerprint density at radius 3 is 2.90 bits per heavy atom. The lowest BCUT2D eigenvalue weighted by atomic mass is 10.2. The molecule has 2 N–H and O–H groups in total. The van der Waals surface area contributed by atoms with Gasteiger partial charge in [0.05, 0.1) is 12.7 Å². The van der Waals surface area contributed by atoms with E-state index in [1.807, 2.05) is 13.1 Å². The molecule has 0 aliphatic rings. The number of aromatic nitrogens is 3. The molecule has 0 radical (unpaired) electrons. The number of hydrogen-bond donors (Lipinski definition) is 2. The Bertz CT molecular complexity index is 636. The van der Waals surface area contributed by atoms with Gasteiger partial charge in [0.25, 0.3) is 5.91 Å². The molecule has 0 aliphatic carbocycles. The normalized spacial score (nSPS) is 10.2. The second-order valence-electron chi connectivity index (χ2n) is 4.27. The molecule has 2 rings (SSSR count). The number of nitrogens with one attached hydrogen (secondary N) is 1. The molecule has 0 bridgehead atoms. The van der Waals surface area contributed by atoms with Crippen LogP contribution in [0.3, 0.4) is 0 Å². The van der Waals surface area contributed by atoms with Gasteiger partial charge in [-0.1, -0.05) is 0 Å². The monoisotopic (exact) mass is 274 g/mol. The van der Waals surface area contributed by atoms with Crippen LogP contribution in [0, 0.1) is 6.92 Å². The van der Waals surface area contributed by atoms with Crippen LogP contribution in [0.2, 0.25) is 0 Å². The number of rotatable bonds is 5. The van der Waals surface area contributed by atoms with Gasteiger partial charge in [0.1, 0.15) is 5.69 Å². The molecule has 0 aromatic carbocycles. The van der Waals surface area contributed by atoms with Crippen LogP contribution in [0.15, 0.2) is 30.7 Å². The van der Waals surface area contributed by atoms with Gasteiger partial charge in [-0.2, -0.15) is 5.10 Å².